The molecule has 0 fully saturated rings. The van der Waals surface area contributed by atoms with Crippen LogP contribution < -0.4 is 10.1 Å². The molecule has 0 amide bonds. The summed E-state index contributed by atoms with van der Waals surface area (Å²) in [7, 11) is 1.69. The minimum absolute atomic E-state index is 0.0918. The zero-order valence-corrected chi connectivity index (χ0v) is 12.2. The maximum absolute atomic E-state index is 5.26. The first-order chi connectivity index (χ1) is 8.56. The number of nitrogens with one attached hydrogen (secondary N) is 1. The molecular formula is C14H20N2OS. The molecule has 0 radical (unpaired) electrons. The van der Waals surface area contributed by atoms with Gasteiger partial charge >= 0.3 is 0 Å². The number of methoxy groups -OCH3 is 1. The average molecular weight is 264 g/mol. The maximum Gasteiger partial charge on any atom is 0.161 e. The van der Waals surface area contributed by atoms with Crippen LogP contribution in [0.3, 0.4) is 0 Å². The fraction of sp³-hybridized carbons (Fsp3) is 0.500. The lowest BCUT2D eigenvalue weighted by molar-refractivity contribution is 0.412. The minimum Gasteiger partial charge on any atom is -0.496 e. The molecule has 1 N–H and O–H groups in total. The van der Waals surface area contributed by atoms with Crippen molar-refractivity contribution in [2.45, 2.75) is 32.7 Å². The van der Waals surface area contributed by atoms with Crippen LogP contribution in [0, 0.1) is 6.92 Å². The van der Waals surface area contributed by atoms with Gasteiger partial charge in [0.1, 0.15) is 5.75 Å². The maximum atomic E-state index is 5.26. The fourth-order valence-corrected chi connectivity index (χ4v) is 3.05. The summed E-state index contributed by atoms with van der Waals surface area (Å²) in [6, 6.07) is 6.09. The minimum atomic E-state index is 0.0918. The Bertz CT molecular complexity index is 473. The fourth-order valence-electron chi connectivity index (χ4n) is 1.86. The second-order valence-electron chi connectivity index (χ2n) is 4.87. The molecule has 1 aromatic carbocycles. The molecule has 0 aromatic heterocycles. The van der Waals surface area contributed by atoms with E-state index in [9.17, 15) is 0 Å². The summed E-state index contributed by atoms with van der Waals surface area (Å²) in [6.07, 6.45) is 1.08. The highest BCUT2D eigenvalue weighted by molar-refractivity contribution is 8.14. The van der Waals surface area contributed by atoms with Crippen LogP contribution in [0.1, 0.15) is 25.8 Å². The molecule has 3 nitrogen and oxygen atoms in total. The second kappa shape index (κ2) is 5.22. The molecule has 0 saturated carbocycles. The van der Waals surface area contributed by atoms with Crippen molar-refractivity contribution >= 4 is 22.6 Å². The summed E-state index contributed by atoms with van der Waals surface area (Å²) in [6.45, 7) is 6.43. The molecule has 0 saturated heterocycles. The first kappa shape index (κ1) is 13.3. The number of hydrogen-bond acceptors (Lipinski definition) is 4. The molecule has 1 aliphatic rings. The third-order valence-corrected chi connectivity index (χ3v) is 4.53. The number of aliphatic imine (C=N–C) groups is 1. The van der Waals surface area contributed by atoms with Gasteiger partial charge in [0.2, 0.25) is 0 Å². The molecule has 18 heavy (non-hydrogen) atoms. The van der Waals surface area contributed by atoms with E-state index in [4.69, 9.17) is 9.73 Å². The van der Waals surface area contributed by atoms with E-state index in [0.717, 1.165) is 34.3 Å². The van der Waals surface area contributed by atoms with Gasteiger partial charge in [0.15, 0.2) is 5.17 Å². The van der Waals surface area contributed by atoms with Gasteiger partial charge in [0.05, 0.1) is 12.6 Å². The standard InChI is InChI=1S/C14H20N2OS/c1-5-14(3)9-18-13(16-14)15-11-6-7-12(17-4)10(2)8-11/h6-8H,5,9H2,1-4H3,(H,15,16). The normalized spacial score (nSPS) is 22.8. The highest BCUT2D eigenvalue weighted by atomic mass is 32.2. The molecule has 1 aromatic rings. The number of hydrogen-bond donors (Lipinski definition) is 1. The van der Waals surface area contributed by atoms with Crippen molar-refractivity contribution in [2.75, 3.05) is 18.2 Å². The molecule has 4 heteroatoms. The van der Waals surface area contributed by atoms with E-state index in [1.165, 1.54) is 0 Å². The van der Waals surface area contributed by atoms with E-state index in [-0.39, 0.29) is 5.54 Å². The van der Waals surface area contributed by atoms with Crippen LogP contribution in [-0.4, -0.2) is 23.6 Å². The van der Waals surface area contributed by atoms with Crippen LogP contribution in [0.4, 0.5) is 5.69 Å². The molecule has 1 heterocycles. The molecule has 0 aliphatic carbocycles. The van der Waals surface area contributed by atoms with Crippen molar-refractivity contribution < 1.29 is 4.74 Å². The number of aryl methyl sites for hydroxylation is 1. The second-order valence-corrected chi connectivity index (χ2v) is 5.83. The SMILES string of the molecule is CCC1(C)CSC(Nc2ccc(OC)c(C)c2)=N1. The predicted molar refractivity (Wildman–Crippen MR) is 79.9 cm³/mol. The number of nitrogens with zero attached hydrogens (tertiary/aromatic N) is 1. The summed E-state index contributed by atoms with van der Waals surface area (Å²) in [4.78, 5) is 4.74. The van der Waals surface area contributed by atoms with Gasteiger partial charge in [0, 0.05) is 11.4 Å². The highest BCUT2D eigenvalue weighted by Gasteiger charge is 2.28. The summed E-state index contributed by atoms with van der Waals surface area (Å²) in [5.74, 6) is 1.97. The van der Waals surface area contributed by atoms with Gasteiger partial charge in [0.25, 0.3) is 0 Å². The van der Waals surface area contributed by atoms with Gasteiger partial charge in [-0.3, -0.25) is 4.99 Å². The molecule has 0 spiro atoms. The number of thioether (sulfide) groups is 1. The molecule has 98 valence electrons. The van der Waals surface area contributed by atoms with Crippen molar-refractivity contribution in [2.24, 2.45) is 4.99 Å². The van der Waals surface area contributed by atoms with E-state index in [2.05, 4.69) is 25.2 Å². The van der Waals surface area contributed by atoms with Crippen LogP contribution in [0.5, 0.6) is 5.75 Å². The van der Waals surface area contributed by atoms with Crippen molar-refractivity contribution in [3.05, 3.63) is 23.8 Å². The first-order valence-electron chi connectivity index (χ1n) is 6.20. The zero-order chi connectivity index (χ0) is 13.2. The van der Waals surface area contributed by atoms with Gasteiger partial charge in [-0.15, -0.1) is 0 Å². The number of benzene rings is 1. The third-order valence-electron chi connectivity index (χ3n) is 3.30. The Hall–Kier alpha value is -1.16. The number of anilines is 1. The topological polar surface area (TPSA) is 33.6 Å². The Kier molecular flexibility index (Phi) is 3.85. The zero-order valence-electron chi connectivity index (χ0n) is 11.4. The number of rotatable bonds is 3. The van der Waals surface area contributed by atoms with E-state index in [0.29, 0.717) is 0 Å². The molecule has 1 unspecified atom stereocenters. The van der Waals surface area contributed by atoms with Gasteiger partial charge in [-0.2, -0.15) is 0 Å². The molecule has 2 rings (SSSR count). The van der Waals surface area contributed by atoms with Crippen LogP contribution in [0.25, 0.3) is 0 Å². The van der Waals surface area contributed by atoms with Gasteiger partial charge in [-0.1, -0.05) is 18.7 Å². The van der Waals surface area contributed by atoms with Gasteiger partial charge < -0.3 is 10.1 Å². The van der Waals surface area contributed by atoms with Crippen LogP contribution >= 0.6 is 11.8 Å². The monoisotopic (exact) mass is 264 g/mol. The Morgan fingerprint density at radius 3 is 2.83 bits per heavy atom. The van der Waals surface area contributed by atoms with Crippen LogP contribution in [-0.2, 0) is 0 Å². The third kappa shape index (κ3) is 2.80. The molecular weight excluding hydrogens is 244 g/mol. The first-order valence-corrected chi connectivity index (χ1v) is 7.19. The van der Waals surface area contributed by atoms with Crippen molar-refractivity contribution in [3.8, 4) is 5.75 Å². The Balaban J connectivity index is 2.11. The average Bonchev–Trinajstić information content (AvgIpc) is 2.72. The molecule has 0 bridgehead atoms. The lowest BCUT2D eigenvalue weighted by Gasteiger charge is -2.15. The largest absolute Gasteiger partial charge is 0.496 e. The van der Waals surface area contributed by atoms with Gasteiger partial charge in [-0.25, -0.2) is 0 Å². The summed E-state index contributed by atoms with van der Waals surface area (Å²) in [5, 5.41) is 4.40. The van der Waals surface area contributed by atoms with Gasteiger partial charge in [-0.05, 0) is 44.0 Å². The van der Waals surface area contributed by atoms with Crippen molar-refractivity contribution in [3.63, 3.8) is 0 Å². The molecule has 1 aliphatic heterocycles. The number of ether oxygens (including phenoxy) is 1. The van der Waals surface area contributed by atoms with E-state index in [1.807, 2.05) is 19.1 Å². The van der Waals surface area contributed by atoms with Crippen molar-refractivity contribution in [1.82, 2.24) is 0 Å². The summed E-state index contributed by atoms with van der Waals surface area (Å²) >= 11 is 1.79. The highest BCUT2D eigenvalue weighted by Crippen LogP contribution is 2.31. The van der Waals surface area contributed by atoms with E-state index < -0.39 is 0 Å². The molecule has 1 atom stereocenters. The Labute approximate surface area is 113 Å². The summed E-state index contributed by atoms with van der Waals surface area (Å²) < 4.78 is 5.26. The van der Waals surface area contributed by atoms with E-state index >= 15 is 0 Å². The number of amidine groups is 1. The Morgan fingerprint density at radius 1 is 1.50 bits per heavy atom. The quantitative estimate of drug-likeness (QED) is 0.904. The van der Waals surface area contributed by atoms with Crippen LogP contribution in [0.2, 0.25) is 0 Å². The van der Waals surface area contributed by atoms with Crippen molar-refractivity contribution in [1.29, 1.82) is 0 Å². The predicted octanol–water partition coefficient (Wildman–Crippen LogP) is 3.69. The summed E-state index contributed by atoms with van der Waals surface area (Å²) in [5.41, 5.74) is 2.29. The smallest absolute Gasteiger partial charge is 0.161 e. The Morgan fingerprint density at radius 2 is 2.28 bits per heavy atom. The lowest BCUT2D eigenvalue weighted by atomic mass is 10.0. The van der Waals surface area contributed by atoms with E-state index in [1.54, 1.807) is 18.9 Å². The lowest BCUT2D eigenvalue weighted by Crippen LogP contribution is -2.20. The van der Waals surface area contributed by atoms with Crippen LogP contribution in [0.15, 0.2) is 23.2 Å².